The number of hydrogen-bond acceptors (Lipinski definition) is 5. The van der Waals surface area contributed by atoms with E-state index in [1.165, 1.54) is 19.1 Å². The molecule has 6 nitrogen and oxygen atoms in total. The van der Waals surface area contributed by atoms with Crippen molar-refractivity contribution in [3.8, 4) is 0 Å². The first-order valence-corrected chi connectivity index (χ1v) is 3.44. The minimum Gasteiger partial charge on any atom is -0.411 e. The summed E-state index contributed by atoms with van der Waals surface area (Å²) in [5.74, 6) is 0. The maximum Gasteiger partial charge on any atom is 0.290 e. The zero-order valence-corrected chi connectivity index (χ0v) is 6.84. The molecule has 1 heterocycles. The number of oxime groups is 1. The normalized spacial score (nSPS) is 10.5. The highest BCUT2D eigenvalue weighted by atomic mass is 16.6. The number of nitrogens with zero attached hydrogens (tertiary/aromatic N) is 3. The Morgan fingerprint density at radius 3 is 2.85 bits per heavy atom. The third kappa shape index (κ3) is 1.98. The van der Waals surface area contributed by atoms with Gasteiger partial charge in [0.15, 0.2) is 0 Å². The van der Waals surface area contributed by atoms with Gasteiger partial charge >= 0.3 is 0 Å². The van der Waals surface area contributed by atoms with Crippen molar-refractivity contribution in [3.63, 3.8) is 0 Å². The van der Waals surface area contributed by atoms with Crippen LogP contribution in [0.15, 0.2) is 17.3 Å². The summed E-state index contributed by atoms with van der Waals surface area (Å²) in [5.41, 5.74) is 0.628. The Morgan fingerprint density at radius 2 is 2.38 bits per heavy atom. The predicted octanol–water partition coefficient (Wildman–Crippen LogP) is 1.11. The van der Waals surface area contributed by atoms with Crippen LogP contribution >= 0.6 is 0 Å². The van der Waals surface area contributed by atoms with Crippen molar-refractivity contribution in [1.82, 2.24) is 4.98 Å². The van der Waals surface area contributed by atoms with E-state index >= 15 is 0 Å². The van der Waals surface area contributed by atoms with E-state index in [0.29, 0.717) is 11.4 Å². The molecule has 6 heteroatoms. The molecule has 1 aromatic rings. The summed E-state index contributed by atoms with van der Waals surface area (Å²) in [7, 11) is 0. The molecular weight excluding hydrogens is 174 g/mol. The first-order chi connectivity index (χ1) is 6.15. The van der Waals surface area contributed by atoms with Crippen LogP contribution in [0.2, 0.25) is 0 Å². The van der Waals surface area contributed by atoms with E-state index in [-0.39, 0.29) is 5.69 Å². The quantitative estimate of drug-likeness (QED) is 0.320. The Labute approximate surface area is 73.7 Å². The molecule has 0 radical (unpaired) electrons. The molecular formula is C7H7N3O3. The molecule has 0 aliphatic heterocycles. The Kier molecular flexibility index (Phi) is 2.53. The van der Waals surface area contributed by atoms with Crippen molar-refractivity contribution in [2.24, 2.45) is 5.16 Å². The molecule has 0 aliphatic carbocycles. The molecule has 0 bridgehead atoms. The van der Waals surface area contributed by atoms with Crippen molar-refractivity contribution < 1.29 is 10.1 Å². The molecule has 0 fully saturated rings. The average molecular weight is 181 g/mol. The summed E-state index contributed by atoms with van der Waals surface area (Å²) in [6, 6.07) is 2.73. The van der Waals surface area contributed by atoms with Crippen molar-refractivity contribution in [2.75, 3.05) is 0 Å². The zero-order valence-electron chi connectivity index (χ0n) is 6.84. The molecule has 0 aromatic carbocycles. The molecule has 0 atom stereocenters. The highest BCUT2D eigenvalue weighted by molar-refractivity contribution is 5.76. The molecule has 1 N–H and O–H groups in total. The van der Waals surface area contributed by atoms with Crippen LogP contribution in [-0.2, 0) is 0 Å². The van der Waals surface area contributed by atoms with Crippen molar-refractivity contribution in [3.05, 3.63) is 33.6 Å². The lowest BCUT2D eigenvalue weighted by molar-refractivity contribution is -0.385. The third-order valence-electron chi connectivity index (χ3n) is 1.47. The fourth-order valence-electron chi connectivity index (χ4n) is 0.897. The summed E-state index contributed by atoms with van der Waals surface area (Å²) >= 11 is 0. The smallest absolute Gasteiger partial charge is 0.290 e. The van der Waals surface area contributed by atoms with Crippen LogP contribution in [0.3, 0.4) is 0 Å². The molecule has 0 spiro atoms. The van der Waals surface area contributed by atoms with Gasteiger partial charge in [0.1, 0.15) is 5.69 Å². The van der Waals surface area contributed by atoms with Gasteiger partial charge in [-0.1, -0.05) is 5.16 Å². The minimum absolute atomic E-state index is 0.0462. The van der Waals surface area contributed by atoms with Crippen molar-refractivity contribution >= 4 is 11.9 Å². The lowest BCUT2D eigenvalue weighted by Crippen LogP contribution is -1.97. The van der Waals surface area contributed by atoms with Crippen LogP contribution in [0.1, 0.15) is 11.4 Å². The van der Waals surface area contributed by atoms with Crippen LogP contribution in [0, 0.1) is 17.0 Å². The fraction of sp³-hybridized carbons (Fsp3) is 0.143. The summed E-state index contributed by atoms with van der Waals surface area (Å²) in [6.07, 6.45) is 1.11. The fourth-order valence-corrected chi connectivity index (χ4v) is 0.897. The van der Waals surface area contributed by atoms with Gasteiger partial charge in [0.2, 0.25) is 0 Å². The Bertz CT molecular complexity index is 362. The summed E-state index contributed by atoms with van der Waals surface area (Å²) in [5, 5.41) is 21.3. The van der Waals surface area contributed by atoms with Gasteiger partial charge in [0, 0.05) is 6.07 Å². The summed E-state index contributed by atoms with van der Waals surface area (Å²) in [4.78, 5) is 13.7. The van der Waals surface area contributed by atoms with E-state index < -0.39 is 4.92 Å². The second-order valence-electron chi connectivity index (χ2n) is 2.34. The van der Waals surface area contributed by atoms with Gasteiger partial charge in [-0.05, 0) is 13.0 Å². The molecule has 0 amide bonds. The first kappa shape index (κ1) is 9.11. The van der Waals surface area contributed by atoms with Gasteiger partial charge < -0.3 is 5.21 Å². The van der Waals surface area contributed by atoms with E-state index in [1.54, 1.807) is 0 Å². The molecule has 0 saturated carbocycles. The van der Waals surface area contributed by atoms with Gasteiger partial charge in [-0.15, -0.1) is 0 Å². The maximum atomic E-state index is 10.4. The number of pyridine rings is 1. The van der Waals surface area contributed by atoms with E-state index in [4.69, 9.17) is 5.21 Å². The van der Waals surface area contributed by atoms with E-state index in [0.717, 1.165) is 6.21 Å². The second-order valence-corrected chi connectivity index (χ2v) is 2.34. The van der Waals surface area contributed by atoms with Crippen molar-refractivity contribution in [1.29, 1.82) is 0 Å². The Balaban J connectivity index is 3.12. The van der Waals surface area contributed by atoms with Gasteiger partial charge in [-0.2, -0.15) is 0 Å². The molecule has 0 saturated heterocycles. The van der Waals surface area contributed by atoms with Crippen LogP contribution in [0.25, 0.3) is 0 Å². The SMILES string of the molecule is Cc1nc(/C=N\O)ccc1[N+](=O)[O-]. The molecule has 0 unspecified atom stereocenters. The van der Waals surface area contributed by atoms with Gasteiger partial charge in [0.25, 0.3) is 5.69 Å². The van der Waals surface area contributed by atoms with Crippen LogP contribution in [-0.4, -0.2) is 21.3 Å². The largest absolute Gasteiger partial charge is 0.411 e. The molecule has 68 valence electrons. The lowest BCUT2D eigenvalue weighted by atomic mass is 10.3. The van der Waals surface area contributed by atoms with Crippen LogP contribution < -0.4 is 0 Å². The number of aromatic nitrogens is 1. The lowest BCUT2D eigenvalue weighted by Gasteiger charge is -1.96. The predicted molar refractivity (Wildman–Crippen MR) is 45.0 cm³/mol. The Hall–Kier alpha value is -1.98. The third-order valence-corrected chi connectivity index (χ3v) is 1.47. The number of hydrogen-bond donors (Lipinski definition) is 1. The molecule has 1 aromatic heterocycles. The van der Waals surface area contributed by atoms with Crippen LogP contribution in [0.4, 0.5) is 5.69 Å². The van der Waals surface area contributed by atoms with Crippen molar-refractivity contribution in [2.45, 2.75) is 6.92 Å². The minimum atomic E-state index is -0.512. The second kappa shape index (κ2) is 3.61. The van der Waals surface area contributed by atoms with E-state index in [1.807, 2.05) is 0 Å². The van der Waals surface area contributed by atoms with E-state index in [2.05, 4.69) is 10.1 Å². The monoisotopic (exact) mass is 181 g/mol. The summed E-state index contributed by atoms with van der Waals surface area (Å²) < 4.78 is 0. The van der Waals surface area contributed by atoms with E-state index in [9.17, 15) is 10.1 Å². The first-order valence-electron chi connectivity index (χ1n) is 3.44. The molecule has 13 heavy (non-hydrogen) atoms. The number of rotatable bonds is 2. The molecule has 0 aliphatic rings. The maximum absolute atomic E-state index is 10.4. The van der Waals surface area contributed by atoms with Gasteiger partial charge in [-0.3, -0.25) is 10.1 Å². The molecule has 1 rings (SSSR count). The summed E-state index contributed by atoms with van der Waals surface area (Å²) in [6.45, 7) is 1.52. The average Bonchev–Trinajstić information content (AvgIpc) is 2.04. The number of aryl methyl sites for hydroxylation is 1. The number of nitro groups is 1. The van der Waals surface area contributed by atoms with Gasteiger partial charge in [0.05, 0.1) is 16.8 Å². The van der Waals surface area contributed by atoms with Gasteiger partial charge in [-0.25, -0.2) is 4.98 Å². The Morgan fingerprint density at radius 1 is 1.69 bits per heavy atom. The van der Waals surface area contributed by atoms with Crippen LogP contribution in [0.5, 0.6) is 0 Å². The highest BCUT2D eigenvalue weighted by Gasteiger charge is 2.10. The zero-order chi connectivity index (χ0) is 9.84. The highest BCUT2D eigenvalue weighted by Crippen LogP contribution is 2.14. The topological polar surface area (TPSA) is 88.6 Å². The standard InChI is InChI=1S/C7H7N3O3/c1-5-7(10(12)13)3-2-6(9-5)4-8-11/h2-4,11H,1H3/b8-4-.